The number of furan rings is 1. The third-order valence-corrected chi connectivity index (χ3v) is 3.55. The van der Waals surface area contributed by atoms with E-state index in [2.05, 4.69) is 10.9 Å². The predicted molar refractivity (Wildman–Crippen MR) is 94.2 cm³/mol. The normalized spacial score (nSPS) is 10.5. The van der Waals surface area contributed by atoms with Crippen LogP contribution in [-0.4, -0.2) is 33.1 Å². The SMILES string of the molecule is COc1cc(OC)c(OC)cc1/C=C/C(=O)NNC(=O)c1ccoc1C. The smallest absolute Gasteiger partial charge is 0.273 e. The van der Waals surface area contributed by atoms with E-state index in [1.54, 1.807) is 19.1 Å². The van der Waals surface area contributed by atoms with Crippen LogP contribution in [-0.2, 0) is 4.79 Å². The van der Waals surface area contributed by atoms with E-state index in [0.717, 1.165) is 0 Å². The fourth-order valence-corrected chi connectivity index (χ4v) is 2.20. The lowest BCUT2D eigenvalue weighted by Crippen LogP contribution is -2.40. The molecule has 2 aromatic rings. The largest absolute Gasteiger partial charge is 0.496 e. The number of methoxy groups -OCH3 is 3. The molecule has 0 saturated carbocycles. The molecule has 0 aliphatic rings. The highest BCUT2D eigenvalue weighted by Crippen LogP contribution is 2.35. The summed E-state index contributed by atoms with van der Waals surface area (Å²) in [7, 11) is 4.54. The number of carbonyl (C=O) groups excluding carboxylic acids is 2. The van der Waals surface area contributed by atoms with Gasteiger partial charge in [0.15, 0.2) is 11.5 Å². The minimum atomic E-state index is -0.517. The van der Waals surface area contributed by atoms with Crippen LogP contribution >= 0.6 is 0 Å². The van der Waals surface area contributed by atoms with Crippen molar-refractivity contribution in [2.45, 2.75) is 6.92 Å². The summed E-state index contributed by atoms with van der Waals surface area (Å²) < 4.78 is 20.8. The fourth-order valence-electron chi connectivity index (χ4n) is 2.20. The van der Waals surface area contributed by atoms with Gasteiger partial charge in [-0.05, 0) is 25.1 Å². The number of nitrogens with one attached hydrogen (secondary N) is 2. The zero-order valence-corrected chi connectivity index (χ0v) is 14.9. The Hall–Kier alpha value is -3.42. The summed E-state index contributed by atoms with van der Waals surface area (Å²) >= 11 is 0. The Kier molecular flexibility index (Phi) is 6.26. The first-order chi connectivity index (χ1) is 12.5. The van der Waals surface area contributed by atoms with Crippen molar-refractivity contribution in [1.29, 1.82) is 0 Å². The molecule has 8 nitrogen and oxygen atoms in total. The van der Waals surface area contributed by atoms with Gasteiger partial charge in [0.2, 0.25) is 0 Å². The van der Waals surface area contributed by atoms with Gasteiger partial charge in [-0.25, -0.2) is 0 Å². The topological polar surface area (TPSA) is 99.0 Å². The first kappa shape index (κ1) is 18.9. The number of aryl methyl sites for hydroxylation is 1. The Balaban J connectivity index is 2.05. The third-order valence-electron chi connectivity index (χ3n) is 3.55. The maximum absolute atomic E-state index is 11.9. The van der Waals surface area contributed by atoms with E-state index in [1.165, 1.54) is 45.8 Å². The lowest BCUT2D eigenvalue weighted by molar-refractivity contribution is -0.117. The third kappa shape index (κ3) is 4.35. The minimum absolute atomic E-state index is 0.343. The molecule has 0 unspecified atom stereocenters. The number of carbonyl (C=O) groups is 2. The molecule has 138 valence electrons. The Morgan fingerprint density at radius 3 is 2.23 bits per heavy atom. The first-order valence-electron chi connectivity index (χ1n) is 7.62. The quantitative estimate of drug-likeness (QED) is 0.604. The number of hydrogen-bond donors (Lipinski definition) is 2. The summed E-state index contributed by atoms with van der Waals surface area (Å²) in [5.41, 5.74) is 5.55. The van der Waals surface area contributed by atoms with E-state index in [9.17, 15) is 9.59 Å². The molecule has 0 radical (unpaired) electrons. The number of hydrazine groups is 1. The van der Waals surface area contributed by atoms with Gasteiger partial charge in [-0.3, -0.25) is 20.4 Å². The average molecular weight is 360 g/mol. The van der Waals surface area contributed by atoms with Crippen LogP contribution in [0.4, 0.5) is 0 Å². The summed E-state index contributed by atoms with van der Waals surface area (Å²) in [5.74, 6) is 0.982. The van der Waals surface area contributed by atoms with Crippen LogP contribution in [0.2, 0.25) is 0 Å². The van der Waals surface area contributed by atoms with Gasteiger partial charge >= 0.3 is 0 Å². The summed E-state index contributed by atoms with van der Waals surface area (Å²) in [6.07, 6.45) is 4.19. The van der Waals surface area contributed by atoms with Crippen molar-refractivity contribution in [3.63, 3.8) is 0 Å². The van der Waals surface area contributed by atoms with Gasteiger partial charge in [0, 0.05) is 17.7 Å². The van der Waals surface area contributed by atoms with Gasteiger partial charge in [0.1, 0.15) is 11.5 Å². The molecule has 0 saturated heterocycles. The lowest BCUT2D eigenvalue weighted by Gasteiger charge is -2.12. The van der Waals surface area contributed by atoms with Crippen LogP contribution in [0, 0.1) is 6.92 Å². The molecule has 1 aromatic heterocycles. The lowest BCUT2D eigenvalue weighted by atomic mass is 10.1. The maximum atomic E-state index is 11.9. The van der Waals surface area contributed by atoms with Crippen molar-refractivity contribution < 1.29 is 28.2 Å². The molecular weight excluding hydrogens is 340 g/mol. The summed E-state index contributed by atoms with van der Waals surface area (Å²) in [4.78, 5) is 23.8. The van der Waals surface area contributed by atoms with Crippen molar-refractivity contribution >= 4 is 17.9 Å². The second kappa shape index (κ2) is 8.61. The van der Waals surface area contributed by atoms with Crippen LogP contribution in [0.25, 0.3) is 6.08 Å². The Labute approximate surface area is 150 Å². The van der Waals surface area contributed by atoms with Crippen molar-refractivity contribution in [1.82, 2.24) is 10.9 Å². The van der Waals surface area contributed by atoms with Crippen molar-refractivity contribution in [2.24, 2.45) is 0 Å². The molecule has 26 heavy (non-hydrogen) atoms. The van der Waals surface area contributed by atoms with Gasteiger partial charge in [-0.1, -0.05) is 0 Å². The number of ether oxygens (including phenoxy) is 3. The van der Waals surface area contributed by atoms with Crippen molar-refractivity contribution in [3.8, 4) is 17.2 Å². The van der Waals surface area contributed by atoms with E-state index < -0.39 is 11.8 Å². The zero-order valence-electron chi connectivity index (χ0n) is 14.9. The molecule has 1 heterocycles. The predicted octanol–water partition coefficient (Wildman–Crippen LogP) is 2.09. The highest BCUT2D eigenvalue weighted by Gasteiger charge is 2.12. The molecule has 1 aromatic carbocycles. The molecular formula is C18H20N2O6. The number of amides is 2. The standard InChI is InChI=1S/C18H20N2O6/c1-11-13(7-8-26-11)18(22)20-19-17(21)6-5-12-9-15(24-3)16(25-4)10-14(12)23-2/h5-10H,1-4H3,(H,19,21)(H,20,22)/b6-5+. The first-order valence-corrected chi connectivity index (χ1v) is 7.62. The summed E-state index contributed by atoms with van der Waals surface area (Å²) in [5, 5.41) is 0. The molecule has 0 atom stereocenters. The van der Waals surface area contributed by atoms with Crippen LogP contribution in [0.15, 0.2) is 35.0 Å². The van der Waals surface area contributed by atoms with E-state index in [1.807, 2.05) is 0 Å². The molecule has 8 heteroatoms. The average Bonchev–Trinajstić information content (AvgIpc) is 3.09. The zero-order chi connectivity index (χ0) is 19.1. The second-order valence-electron chi connectivity index (χ2n) is 5.12. The number of hydrogen-bond acceptors (Lipinski definition) is 6. The highest BCUT2D eigenvalue weighted by molar-refractivity contribution is 5.98. The van der Waals surface area contributed by atoms with Crippen LogP contribution in [0.1, 0.15) is 21.7 Å². The van der Waals surface area contributed by atoms with Crippen LogP contribution in [0.3, 0.4) is 0 Å². The molecule has 0 fully saturated rings. The van der Waals surface area contributed by atoms with E-state index in [0.29, 0.717) is 34.1 Å². The van der Waals surface area contributed by atoms with Gasteiger partial charge in [0.05, 0.1) is 33.2 Å². The molecule has 2 N–H and O–H groups in total. The van der Waals surface area contributed by atoms with E-state index >= 15 is 0 Å². The summed E-state index contributed by atoms with van der Waals surface area (Å²) in [6.45, 7) is 1.65. The molecule has 2 rings (SSSR count). The minimum Gasteiger partial charge on any atom is -0.496 e. The van der Waals surface area contributed by atoms with Crippen molar-refractivity contribution in [2.75, 3.05) is 21.3 Å². The molecule has 0 bridgehead atoms. The monoisotopic (exact) mass is 360 g/mol. The molecule has 0 aliphatic heterocycles. The fraction of sp³-hybridized carbons (Fsp3) is 0.222. The summed E-state index contributed by atoms with van der Waals surface area (Å²) in [6, 6.07) is 4.84. The van der Waals surface area contributed by atoms with Crippen LogP contribution in [0.5, 0.6) is 17.2 Å². The van der Waals surface area contributed by atoms with Gasteiger partial charge in [-0.2, -0.15) is 0 Å². The van der Waals surface area contributed by atoms with Gasteiger partial charge < -0.3 is 18.6 Å². The Bertz CT molecular complexity index is 825. The Morgan fingerprint density at radius 1 is 1.00 bits per heavy atom. The van der Waals surface area contributed by atoms with Gasteiger partial charge in [0.25, 0.3) is 11.8 Å². The number of rotatable bonds is 6. The molecule has 0 aliphatic carbocycles. The maximum Gasteiger partial charge on any atom is 0.273 e. The Morgan fingerprint density at radius 2 is 1.65 bits per heavy atom. The molecule has 0 spiro atoms. The van der Waals surface area contributed by atoms with E-state index in [-0.39, 0.29) is 0 Å². The van der Waals surface area contributed by atoms with Gasteiger partial charge in [-0.15, -0.1) is 0 Å². The second-order valence-corrected chi connectivity index (χ2v) is 5.12. The highest BCUT2D eigenvalue weighted by atomic mass is 16.5. The molecule has 2 amide bonds. The number of benzene rings is 1. The van der Waals surface area contributed by atoms with Crippen molar-refractivity contribution in [3.05, 3.63) is 47.4 Å². The van der Waals surface area contributed by atoms with Crippen LogP contribution < -0.4 is 25.1 Å². The van der Waals surface area contributed by atoms with E-state index in [4.69, 9.17) is 18.6 Å².